The number of rotatable bonds is 4. The van der Waals surface area contributed by atoms with Crippen molar-refractivity contribution >= 4 is 34.5 Å². The van der Waals surface area contributed by atoms with E-state index in [2.05, 4.69) is 30.6 Å². The highest BCUT2D eigenvalue weighted by atomic mass is 19.1. The molecule has 4 N–H and O–H groups in total. The third kappa shape index (κ3) is 3.32. The van der Waals surface area contributed by atoms with Crippen LogP contribution in [0.2, 0.25) is 0 Å². The minimum atomic E-state index is -0.635. The van der Waals surface area contributed by atoms with E-state index in [4.69, 9.17) is 0 Å². The van der Waals surface area contributed by atoms with Gasteiger partial charge in [-0.25, -0.2) is 14.4 Å². The molecule has 8 nitrogen and oxygen atoms in total. The molecular formula is C19H15FN6O2. The Morgan fingerprint density at radius 2 is 1.89 bits per heavy atom. The van der Waals surface area contributed by atoms with Crippen molar-refractivity contribution in [2.24, 2.45) is 0 Å². The predicted octanol–water partition coefficient (Wildman–Crippen LogP) is 3.24. The fraction of sp³-hybridized carbons (Fsp3) is 0.0526. The molecule has 0 aliphatic rings. The van der Waals surface area contributed by atoms with Gasteiger partial charge in [0, 0.05) is 5.69 Å². The second-order valence-electron chi connectivity index (χ2n) is 6.10. The van der Waals surface area contributed by atoms with Crippen LogP contribution in [-0.4, -0.2) is 31.8 Å². The first-order chi connectivity index (χ1) is 13.5. The molecule has 2 aromatic heterocycles. The molecule has 0 spiro atoms. The van der Waals surface area contributed by atoms with Crippen LogP contribution in [0.1, 0.15) is 26.5 Å². The number of fused-ring (bicyclic) bond motifs is 1. The first-order valence-corrected chi connectivity index (χ1v) is 8.38. The maximum absolute atomic E-state index is 13.4. The summed E-state index contributed by atoms with van der Waals surface area (Å²) in [5.41, 5.74) is 2.29. The Labute approximate surface area is 158 Å². The maximum Gasteiger partial charge on any atom is 0.276 e. The summed E-state index contributed by atoms with van der Waals surface area (Å²) in [6, 6.07) is 11.4. The third-order valence-corrected chi connectivity index (χ3v) is 4.15. The normalized spacial score (nSPS) is 10.8. The highest BCUT2D eigenvalue weighted by Gasteiger charge is 2.22. The number of aromatic amines is 2. The number of imidazole rings is 2. The highest BCUT2D eigenvalue weighted by molar-refractivity contribution is 6.13. The molecule has 2 aromatic carbocycles. The third-order valence-electron chi connectivity index (χ3n) is 4.15. The zero-order valence-electron chi connectivity index (χ0n) is 14.7. The molecule has 0 bridgehead atoms. The number of anilines is 2. The first-order valence-electron chi connectivity index (χ1n) is 8.38. The van der Waals surface area contributed by atoms with Crippen LogP contribution in [-0.2, 0) is 0 Å². The average Bonchev–Trinajstić information content (AvgIpc) is 3.31. The SMILES string of the molecule is Cc1ccc(F)cc1NC(=O)c1nc[nH]c1C(=O)Nc1nc2ccccc2[nH]1. The number of nitrogens with zero attached hydrogens (tertiary/aromatic N) is 2. The number of halogens is 1. The summed E-state index contributed by atoms with van der Waals surface area (Å²) in [5.74, 6) is -1.46. The van der Waals surface area contributed by atoms with Crippen molar-refractivity contribution in [2.75, 3.05) is 10.6 Å². The van der Waals surface area contributed by atoms with E-state index in [1.165, 1.54) is 18.5 Å². The van der Waals surface area contributed by atoms with Crippen molar-refractivity contribution in [1.29, 1.82) is 0 Å². The van der Waals surface area contributed by atoms with Crippen molar-refractivity contribution in [3.8, 4) is 0 Å². The number of nitrogens with one attached hydrogen (secondary N) is 4. The van der Waals surface area contributed by atoms with Gasteiger partial charge in [-0.1, -0.05) is 18.2 Å². The Morgan fingerprint density at radius 3 is 2.71 bits per heavy atom. The quantitative estimate of drug-likeness (QED) is 0.436. The van der Waals surface area contributed by atoms with Gasteiger partial charge in [0.15, 0.2) is 5.69 Å². The van der Waals surface area contributed by atoms with Crippen molar-refractivity contribution in [3.05, 3.63) is 71.6 Å². The molecule has 4 rings (SSSR count). The molecule has 4 aromatic rings. The molecule has 140 valence electrons. The largest absolute Gasteiger partial charge is 0.340 e. The van der Waals surface area contributed by atoms with Crippen LogP contribution in [0.3, 0.4) is 0 Å². The second-order valence-corrected chi connectivity index (χ2v) is 6.10. The second kappa shape index (κ2) is 6.95. The summed E-state index contributed by atoms with van der Waals surface area (Å²) >= 11 is 0. The number of amides is 2. The predicted molar refractivity (Wildman–Crippen MR) is 102 cm³/mol. The number of carbonyl (C=O) groups is 2. The van der Waals surface area contributed by atoms with E-state index >= 15 is 0 Å². The molecular weight excluding hydrogens is 363 g/mol. The minimum absolute atomic E-state index is 0.0352. The Balaban J connectivity index is 1.55. The molecule has 28 heavy (non-hydrogen) atoms. The van der Waals surface area contributed by atoms with Crippen LogP contribution < -0.4 is 10.6 Å². The topological polar surface area (TPSA) is 116 Å². The summed E-state index contributed by atoms with van der Waals surface area (Å²) in [6.07, 6.45) is 1.24. The molecule has 0 unspecified atom stereocenters. The smallest absolute Gasteiger partial charge is 0.276 e. The van der Waals surface area contributed by atoms with Crippen LogP contribution in [0.4, 0.5) is 16.0 Å². The van der Waals surface area contributed by atoms with Gasteiger partial charge in [-0.3, -0.25) is 14.9 Å². The molecule has 0 fully saturated rings. The van der Waals surface area contributed by atoms with Crippen LogP contribution in [0.15, 0.2) is 48.8 Å². The standard InChI is InChI=1S/C19H15FN6O2/c1-10-6-7-11(20)8-14(10)23-17(27)15-16(22-9-21-15)18(28)26-19-24-12-4-2-3-5-13(12)25-19/h2-9H,1H3,(H,21,22)(H,23,27)(H2,24,25,26,28). The molecule has 0 aliphatic carbocycles. The molecule has 2 amide bonds. The van der Waals surface area contributed by atoms with Gasteiger partial charge in [-0.15, -0.1) is 0 Å². The van der Waals surface area contributed by atoms with E-state index in [0.29, 0.717) is 16.8 Å². The van der Waals surface area contributed by atoms with Gasteiger partial charge < -0.3 is 15.3 Å². The van der Waals surface area contributed by atoms with E-state index in [-0.39, 0.29) is 17.3 Å². The number of carbonyl (C=O) groups excluding carboxylic acids is 2. The highest BCUT2D eigenvalue weighted by Crippen LogP contribution is 2.18. The summed E-state index contributed by atoms with van der Waals surface area (Å²) in [4.78, 5) is 38.9. The Kier molecular flexibility index (Phi) is 4.32. The summed E-state index contributed by atoms with van der Waals surface area (Å²) in [7, 11) is 0. The van der Waals surface area contributed by atoms with Crippen molar-refractivity contribution in [1.82, 2.24) is 19.9 Å². The van der Waals surface area contributed by atoms with E-state index in [9.17, 15) is 14.0 Å². The van der Waals surface area contributed by atoms with Crippen LogP contribution in [0, 0.1) is 12.7 Å². The summed E-state index contributed by atoms with van der Waals surface area (Å²) in [6.45, 7) is 1.73. The number of hydrogen-bond donors (Lipinski definition) is 4. The van der Waals surface area contributed by atoms with Gasteiger partial charge in [0.1, 0.15) is 11.5 Å². The Hall–Kier alpha value is -4.01. The zero-order chi connectivity index (χ0) is 19.7. The number of aromatic nitrogens is 4. The lowest BCUT2D eigenvalue weighted by atomic mass is 10.2. The minimum Gasteiger partial charge on any atom is -0.340 e. The number of H-pyrrole nitrogens is 2. The lowest BCUT2D eigenvalue weighted by Crippen LogP contribution is -2.21. The van der Waals surface area contributed by atoms with Gasteiger partial charge in [0.2, 0.25) is 5.95 Å². The Morgan fingerprint density at radius 1 is 1.07 bits per heavy atom. The van der Waals surface area contributed by atoms with Gasteiger partial charge in [-0.05, 0) is 36.8 Å². The number of hydrogen-bond acceptors (Lipinski definition) is 4. The number of aryl methyl sites for hydroxylation is 1. The van der Waals surface area contributed by atoms with Crippen LogP contribution in [0.5, 0.6) is 0 Å². The lowest BCUT2D eigenvalue weighted by molar-refractivity contribution is 0.0985. The fourth-order valence-corrected chi connectivity index (χ4v) is 2.73. The molecule has 0 saturated carbocycles. The van der Waals surface area contributed by atoms with Gasteiger partial charge in [0.25, 0.3) is 11.8 Å². The molecule has 0 atom stereocenters. The maximum atomic E-state index is 13.4. The molecule has 9 heteroatoms. The van der Waals surface area contributed by atoms with E-state index < -0.39 is 17.6 Å². The van der Waals surface area contributed by atoms with E-state index in [1.807, 2.05) is 18.2 Å². The fourth-order valence-electron chi connectivity index (χ4n) is 2.73. The van der Waals surface area contributed by atoms with E-state index in [0.717, 1.165) is 5.52 Å². The van der Waals surface area contributed by atoms with Crippen LogP contribution in [0.25, 0.3) is 11.0 Å². The monoisotopic (exact) mass is 378 g/mol. The van der Waals surface area contributed by atoms with Crippen molar-refractivity contribution in [2.45, 2.75) is 6.92 Å². The van der Waals surface area contributed by atoms with Gasteiger partial charge in [-0.2, -0.15) is 0 Å². The number of para-hydroxylation sites is 2. The Bertz CT molecular complexity index is 1160. The molecule has 0 aliphatic heterocycles. The van der Waals surface area contributed by atoms with Crippen molar-refractivity contribution < 1.29 is 14.0 Å². The van der Waals surface area contributed by atoms with E-state index in [1.54, 1.807) is 19.1 Å². The first kappa shape index (κ1) is 17.4. The summed E-state index contributed by atoms with van der Waals surface area (Å²) < 4.78 is 13.4. The lowest BCUT2D eigenvalue weighted by Gasteiger charge is -2.08. The molecule has 2 heterocycles. The zero-order valence-corrected chi connectivity index (χ0v) is 14.7. The van der Waals surface area contributed by atoms with Crippen LogP contribution >= 0.6 is 0 Å². The number of benzene rings is 2. The molecule has 0 saturated heterocycles. The average molecular weight is 378 g/mol. The molecule has 0 radical (unpaired) electrons. The van der Waals surface area contributed by atoms with Crippen molar-refractivity contribution in [3.63, 3.8) is 0 Å². The summed E-state index contributed by atoms with van der Waals surface area (Å²) in [5, 5.41) is 5.17. The van der Waals surface area contributed by atoms with Gasteiger partial charge in [0.05, 0.1) is 17.4 Å². The van der Waals surface area contributed by atoms with Gasteiger partial charge >= 0.3 is 0 Å².